The molecule has 0 aliphatic carbocycles. The zero-order valence-electron chi connectivity index (χ0n) is 12.2. The van der Waals surface area contributed by atoms with Gasteiger partial charge in [-0.15, -0.1) is 0 Å². The number of aryl methyl sites for hydroxylation is 1. The molecular formula is C16H22N4. The van der Waals surface area contributed by atoms with Crippen LogP contribution in [-0.4, -0.2) is 22.1 Å². The first-order valence-electron chi connectivity index (χ1n) is 7.34. The highest BCUT2D eigenvalue weighted by Crippen LogP contribution is 2.24. The Bertz CT molecular complexity index is 575. The van der Waals surface area contributed by atoms with E-state index >= 15 is 0 Å². The van der Waals surface area contributed by atoms with Crippen LogP contribution >= 0.6 is 0 Å². The van der Waals surface area contributed by atoms with Crippen molar-refractivity contribution >= 4 is 5.69 Å². The Balaban J connectivity index is 1.91. The van der Waals surface area contributed by atoms with Crippen molar-refractivity contribution in [3.63, 3.8) is 0 Å². The minimum absolute atomic E-state index is 0.479. The van der Waals surface area contributed by atoms with Gasteiger partial charge < -0.3 is 14.8 Å². The number of aromatic nitrogens is 2. The summed E-state index contributed by atoms with van der Waals surface area (Å²) in [6, 6.07) is 9.14. The summed E-state index contributed by atoms with van der Waals surface area (Å²) in [5, 5.41) is 3.57. The van der Waals surface area contributed by atoms with E-state index in [1.165, 1.54) is 11.3 Å². The quantitative estimate of drug-likeness (QED) is 0.929. The summed E-state index contributed by atoms with van der Waals surface area (Å²) < 4.78 is 2.21. The molecule has 20 heavy (non-hydrogen) atoms. The van der Waals surface area contributed by atoms with E-state index in [4.69, 9.17) is 0 Å². The molecule has 1 aromatic heterocycles. The van der Waals surface area contributed by atoms with Gasteiger partial charge in [-0.3, -0.25) is 0 Å². The smallest absolute Gasteiger partial charge is 0.128 e. The average Bonchev–Trinajstić information content (AvgIpc) is 2.85. The number of benzene rings is 1. The molecule has 1 aliphatic heterocycles. The third-order valence-electron chi connectivity index (χ3n) is 3.94. The largest absolute Gasteiger partial charge is 0.362 e. The number of para-hydroxylation sites is 1. The monoisotopic (exact) mass is 270 g/mol. The molecule has 2 heterocycles. The maximum Gasteiger partial charge on any atom is 0.128 e. The minimum atomic E-state index is 0.479. The molecule has 0 saturated carbocycles. The predicted molar refractivity (Wildman–Crippen MR) is 81.7 cm³/mol. The van der Waals surface area contributed by atoms with Gasteiger partial charge in [0.25, 0.3) is 0 Å². The highest BCUT2D eigenvalue weighted by atomic mass is 15.2. The van der Waals surface area contributed by atoms with Gasteiger partial charge in [-0.1, -0.05) is 18.2 Å². The summed E-state index contributed by atoms with van der Waals surface area (Å²) in [5.74, 6) is 1.14. The lowest BCUT2D eigenvalue weighted by Crippen LogP contribution is -2.36. The SMILES string of the molecule is CCn1ccnc1CN1CC(C)NCc2ccccc21. The summed E-state index contributed by atoms with van der Waals surface area (Å²) >= 11 is 0. The van der Waals surface area contributed by atoms with Crippen LogP contribution < -0.4 is 10.2 Å². The second kappa shape index (κ2) is 5.67. The molecule has 1 unspecified atom stereocenters. The minimum Gasteiger partial charge on any atom is -0.362 e. The summed E-state index contributed by atoms with van der Waals surface area (Å²) in [5.41, 5.74) is 2.70. The lowest BCUT2D eigenvalue weighted by Gasteiger charge is -2.26. The lowest BCUT2D eigenvalue weighted by atomic mass is 10.1. The standard InChI is InChI=1S/C16H22N4/c1-3-19-9-8-17-16(19)12-20-11-13(2)18-10-14-6-4-5-7-15(14)20/h4-9,13,18H,3,10-12H2,1-2H3. The van der Waals surface area contributed by atoms with E-state index < -0.39 is 0 Å². The van der Waals surface area contributed by atoms with Crippen molar-refractivity contribution in [1.82, 2.24) is 14.9 Å². The fourth-order valence-corrected chi connectivity index (χ4v) is 2.85. The Labute approximate surface area is 120 Å². The van der Waals surface area contributed by atoms with Gasteiger partial charge in [0.2, 0.25) is 0 Å². The van der Waals surface area contributed by atoms with Crippen LogP contribution in [0.5, 0.6) is 0 Å². The van der Waals surface area contributed by atoms with Gasteiger partial charge >= 0.3 is 0 Å². The van der Waals surface area contributed by atoms with Gasteiger partial charge in [-0.25, -0.2) is 4.98 Å². The van der Waals surface area contributed by atoms with E-state index in [9.17, 15) is 0 Å². The van der Waals surface area contributed by atoms with Crippen LogP contribution in [0.15, 0.2) is 36.7 Å². The zero-order valence-corrected chi connectivity index (χ0v) is 12.2. The number of anilines is 1. The normalized spacial score (nSPS) is 18.7. The summed E-state index contributed by atoms with van der Waals surface area (Å²) in [6.07, 6.45) is 3.95. The second-order valence-corrected chi connectivity index (χ2v) is 5.42. The molecule has 0 spiro atoms. The first kappa shape index (κ1) is 13.2. The summed E-state index contributed by atoms with van der Waals surface area (Å²) in [7, 11) is 0. The molecule has 0 radical (unpaired) electrons. The van der Waals surface area contributed by atoms with Crippen molar-refractivity contribution < 1.29 is 0 Å². The number of fused-ring (bicyclic) bond motifs is 1. The Hall–Kier alpha value is -1.81. The Morgan fingerprint density at radius 3 is 3.05 bits per heavy atom. The molecule has 4 nitrogen and oxygen atoms in total. The fraction of sp³-hybridized carbons (Fsp3) is 0.438. The van der Waals surface area contributed by atoms with E-state index in [0.717, 1.165) is 32.0 Å². The van der Waals surface area contributed by atoms with Crippen molar-refractivity contribution in [2.45, 2.75) is 39.5 Å². The Morgan fingerprint density at radius 1 is 1.35 bits per heavy atom. The molecule has 0 saturated heterocycles. The second-order valence-electron chi connectivity index (χ2n) is 5.42. The van der Waals surface area contributed by atoms with Gasteiger partial charge in [-0.05, 0) is 25.5 Å². The highest BCUT2D eigenvalue weighted by molar-refractivity contribution is 5.54. The number of hydrogen-bond donors (Lipinski definition) is 1. The van der Waals surface area contributed by atoms with Crippen LogP contribution in [0.2, 0.25) is 0 Å². The molecule has 1 aromatic carbocycles. The Morgan fingerprint density at radius 2 is 2.20 bits per heavy atom. The number of hydrogen-bond acceptors (Lipinski definition) is 3. The van der Waals surface area contributed by atoms with Crippen LogP contribution in [0.1, 0.15) is 25.2 Å². The van der Waals surface area contributed by atoms with Crippen LogP contribution in [0.3, 0.4) is 0 Å². The first-order valence-corrected chi connectivity index (χ1v) is 7.34. The molecule has 3 rings (SSSR count). The van der Waals surface area contributed by atoms with Gasteiger partial charge in [0.05, 0.1) is 6.54 Å². The van der Waals surface area contributed by atoms with Crippen LogP contribution in [0.25, 0.3) is 0 Å². The summed E-state index contributed by atoms with van der Waals surface area (Å²) in [6.45, 7) is 8.18. The lowest BCUT2D eigenvalue weighted by molar-refractivity contribution is 0.545. The number of nitrogens with one attached hydrogen (secondary N) is 1. The first-order chi connectivity index (χ1) is 9.78. The maximum atomic E-state index is 4.51. The van der Waals surface area contributed by atoms with Crippen molar-refractivity contribution in [1.29, 1.82) is 0 Å². The maximum absolute atomic E-state index is 4.51. The van der Waals surface area contributed by atoms with Crippen molar-refractivity contribution in [3.8, 4) is 0 Å². The summed E-state index contributed by atoms with van der Waals surface area (Å²) in [4.78, 5) is 6.95. The topological polar surface area (TPSA) is 33.1 Å². The number of nitrogens with zero attached hydrogens (tertiary/aromatic N) is 3. The average molecular weight is 270 g/mol. The van der Waals surface area contributed by atoms with Gasteiger partial charge in [-0.2, -0.15) is 0 Å². The molecular weight excluding hydrogens is 248 g/mol. The number of rotatable bonds is 3. The molecule has 106 valence electrons. The predicted octanol–water partition coefficient (Wildman–Crippen LogP) is 2.40. The van der Waals surface area contributed by atoms with Gasteiger partial charge in [0, 0.05) is 43.8 Å². The molecule has 1 aliphatic rings. The van der Waals surface area contributed by atoms with Crippen molar-refractivity contribution in [2.24, 2.45) is 0 Å². The van der Waals surface area contributed by atoms with E-state index in [2.05, 4.69) is 64.1 Å². The van der Waals surface area contributed by atoms with Gasteiger partial charge in [0.15, 0.2) is 0 Å². The molecule has 1 atom stereocenters. The molecule has 4 heteroatoms. The fourth-order valence-electron chi connectivity index (χ4n) is 2.85. The third kappa shape index (κ3) is 2.56. The van der Waals surface area contributed by atoms with E-state index in [-0.39, 0.29) is 0 Å². The highest BCUT2D eigenvalue weighted by Gasteiger charge is 2.19. The van der Waals surface area contributed by atoms with Crippen LogP contribution in [-0.2, 0) is 19.6 Å². The van der Waals surface area contributed by atoms with E-state index in [0.29, 0.717) is 6.04 Å². The van der Waals surface area contributed by atoms with Crippen molar-refractivity contribution in [3.05, 3.63) is 48.0 Å². The third-order valence-corrected chi connectivity index (χ3v) is 3.94. The molecule has 0 fully saturated rings. The van der Waals surface area contributed by atoms with Gasteiger partial charge in [0.1, 0.15) is 5.82 Å². The Kier molecular flexibility index (Phi) is 3.74. The molecule has 2 aromatic rings. The van der Waals surface area contributed by atoms with Crippen LogP contribution in [0, 0.1) is 0 Å². The van der Waals surface area contributed by atoms with E-state index in [1.807, 2.05) is 6.20 Å². The van der Waals surface area contributed by atoms with Crippen LogP contribution in [0.4, 0.5) is 5.69 Å². The zero-order chi connectivity index (χ0) is 13.9. The molecule has 0 bridgehead atoms. The van der Waals surface area contributed by atoms with Crippen molar-refractivity contribution in [2.75, 3.05) is 11.4 Å². The van der Waals surface area contributed by atoms with E-state index in [1.54, 1.807) is 0 Å². The molecule has 0 amide bonds. The molecule has 1 N–H and O–H groups in total. The number of imidazole rings is 1.